The summed E-state index contributed by atoms with van der Waals surface area (Å²) in [6.45, 7) is 0. The first-order valence-electron chi connectivity index (χ1n) is 37.2. The molecular formula is C101H65N11. The molecule has 0 N–H and O–H groups in total. The van der Waals surface area contributed by atoms with E-state index in [9.17, 15) is 0 Å². The molecule has 0 radical (unpaired) electrons. The largest absolute Gasteiger partial charge is 0.253 e. The average molecular weight is 1430 g/mol. The van der Waals surface area contributed by atoms with Crippen molar-refractivity contribution in [2.75, 3.05) is 0 Å². The Kier molecular flexibility index (Phi) is 18.1. The van der Waals surface area contributed by atoms with E-state index in [1.807, 2.05) is 146 Å². The Bertz CT molecular complexity index is 6670. The summed E-state index contributed by atoms with van der Waals surface area (Å²) in [4.78, 5) is 54.4. The van der Waals surface area contributed by atoms with E-state index in [1.54, 1.807) is 12.4 Å². The van der Waals surface area contributed by atoms with Crippen LogP contribution in [0.1, 0.15) is 0 Å². The highest BCUT2D eigenvalue weighted by atomic mass is 15.0. The fourth-order valence-electron chi connectivity index (χ4n) is 14.4. The molecule has 0 aliphatic rings. The lowest BCUT2D eigenvalue weighted by Crippen LogP contribution is -2.00. The van der Waals surface area contributed by atoms with E-state index in [1.165, 1.54) is 0 Å². The highest BCUT2D eigenvalue weighted by molar-refractivity contribution is 6.12. The molecule has 0 spiro atoms. The Balaban J connectivity index is 0.000000151. The molecule has 0 aliphatic heterocycles. The quantitative estimate of drug-likeness (QED) is 0.0960. The topological polar surface area (TPSA) is 142 Å². The molecule has 11 heteroatoms. The molecule has 12 aromatic carbocycles. The fraction of sp³-hybridized carbons (Fsp3) is 0. The highest BCUT2D eigenvalue weighted by Crippen LogP contribution is 2.41. The van der Waals surface area contributed by atoms with Gasteiger partial charge in [-0.1, -0.05) is 309 Å². The highest BCUT2D eigenvalue weighted by Gasteiger charge is 2.20. The molecule has 0 saturated heterocycles. The zero-order valence-electron chi connectivity index (χ0n) is 60.4. The van der Waals surface area contributed by atoms with Gasteiger partial charge in [-0.25, -0.2) is 44.9 Å². The molecule has 112 heavy (non-hydrogen) atoms. The third kappa shape index (κ3) is 13.9. The lowest BCUT2D eigenvalue weighted by molar-refractivity contribution is 1.06. The molecule has 0 unspecified atom stereocenters. The summed E-state index contributed by atoms with van der Waals surface area (Å²) in [5.74, 6) is 2.33. The minimum Gasteiger partial charge on any atom is -0.253 e. The molecular weight excluding hydrogens is 1370 g/mol. The molecule has 0 fully saturated rings. The van der Waals surface area contributed by atoms with Gasteiger partial charge >= 0.3 is 0 Å². The molecule has 20 rings (SSSR count). The van der Waals surface area contributed by atoms with Crippen molar-refractivity contribution in [1.29, 1.82) is 0 Å². The van der Waals surface area contributed by atoms with Crippen LogP contribution in [0.3, 0.4) is 0 Å². The predicted octanol–water partition coefficient (Wildman–Crippen LogP) is 24.7. The molecule has 0 saturated carbocycles. The molecule has 20 aromatic rings. The molecule has 524 valence electrons. The van der Waals surface area contributed by atoms with Crippen molar-refractivity contribution in [3.63, 3.8) is 0 Å². The van der Waals surface area contributed by atoms with Gasteiger partial charge in [0.05, 0.1) is 56.2 Å². The number of hydrogen-bond donors (Lipinski definition) is 0. The average Bonchev–Trinajstić information content (AvgIpc) is 0.757. The normalized spacial score (nSPS) is 11.2. The van der Waals surface area contributed by atoms with Crippen LogP contribution in [-0.4, -0.2) is 54.8 Å². The van der Waals surface area contributed by atoms with Gasteiger partial charge in [0.15, 0.2) is 23.3 Å². The number of benzene rings is 12. The Morgan fingerprint density at radius 1 is 0.143 bits per heavy atom. The van der Waals surface area contributed by atoms with Gasteiger partial charge in [-0.3, -0.25) is 9.97 Å². The Morgan fingerprint density at radius 3 is 0.955 bits per heavy atom. The van der Waals surface area contributed by atoms with Crippen LogP contribution in [0.2, 0.25) is 0 Å². The second-order valence-corrected chi connectivity index (χ2v) is 27.3. The number of pyridine rings is 6. The van der Waals surface area contributed by atoms with E-state index in [2.05, 4.69) is 247 Å². The summed E-state index contributed by atoms with van der Waals surface area (Å²) in [5, 5.41) is 4.22. The van der Waals surface area contributed by atoms with Gasteiger partial charge in [-0.2, -0.15) is 0 Å². The first-order valence-corrected chi connectivity index (χ1v) is 37.2. The van der Waals surface area contributed by atoms with Crippen LogP contribution in [0.4, 0.5) is 0 Å². The van der Waals surface area contributed by atoms with Gasteiger partial charge in [0.25, 0.3) is 0 Å². The molecule has 11 nitrogen and oxygen atoms in total. The van der Waals surface area contributed by atoms with E-state index >= 15 is 0 Å². The number of hydrogen-bond acceptors (Lipinski definition) is 11. The number of nitrogens with zero attached hydrogens (tertiary/aromatic N) is 11. The maximum atomic E-state index is 5.27. The van der Waals surface area contributed by atoms with E-state index in [-0.39, 0.29) is 0 Å². The van der Waals surface area contributed by atoms with Gasteiger partial charge in [-0.05, 0) is 117 Å². The van der Waals surface area contributed by atoms with Gasteiger partial charge < -0.3 is 0 Å². The maximum absolute atomic E-state index is 5.27. The molecule has 0 amide bonds. The monoisotopic (exact) mass is 1430 g/mol. The molecule has 8 aromatic heterocycles. The van der Waals surface area contributed by atoms with Crippen molar-refractivity contribution >= 4 is 43.6 Å². The summed E-state index contributed by atoms with van der Waals surface area (Å²) in [6.07, 6.45) is 3.52. The summed E-state index contributed by atoms with van der Waals surface area (Å²) < 4.78 is 0. The maximum Gasteiger partial charge on any atom is 0.182 e. The minimum absolute atomic E-state index is 0.536. The second-order valence-electron chi connectivity index (χ2n) is 27.3. The minimum atomic E-state index is 0.536. The van der Waals surface area contributed by atoms with Crippen molar-refractivity contribution in [1.82, 2.24) is 54.8 Å². The van der Waals surface area contributed by atoms with Crippen LogP contribution < -0.4 is 0 Å². The lowest BCUT2D eigenvalue weighted by Gasteiger charge is -2.14. The number of aromatic nitrogens is 11. The van der Waals surface area contributed by atoms with Crippen LogP contribution in [-0.2, 0) is 0 Å². The van der Waals surface area contributed by atoms with Crippen LogP contribution in [0, 0.1) is 0 Å². The first-order chi connectivity index (χ1) is 55.5. The van der Waals surface area contributed by atoms with Gasteiger partial charge in [-0.15, -0.1) is 0 Å². The number of rotatable bonds is 14. The zero-order valence-corrected chi connectivity index (χ0v) is 60.4. The van der Waals surface area contributed by atoms with Crippen molar-refractivity contribution in [2.45, 2.75) is 0 Å². The predicted molar refractivity (Wildman–Crippen MR) is 455 cm³/mol. The van der Waals surface area contributed by atoms with E-state index < -0.39 is 0 Å². The molecule has 0 atom stereocenters. The Morgan fingerprint density at radius 2 is 0.464 bits per heavy atom. The van der Waals surface area contributed by atoms with Crippen molar-refractivity contribution in [3.8, 4) is 158 Å². The van der Waals surface area contributed by atoms with Gasteiger partial charge in [0, 0.05) is 78.4 Å². The van der Waals surface area contributed by atoms with Crippen LogP contribution in [0.5, 0.6) is 0 Å². The molecule has 8 heterocycles. The van der Waals surface area contributed by atoms with Crippen LogP contribution >= 0.6 is 0 Å². The first kappa shape index (κ1) is 67.3. The SMILES string of the molecule is c1ccc(-c2cc(-c3cccc(-c4ccc(-c5cc(-c6ccccc6)nc6c5ccc5ccc(-c7ccccc7)nc56)cc4)c3)nc(-c3ccccn3)n2)cc1.c1ccc(-c2ccc3cc(-c4ccc(-c5ccc(-c6nc(-c7ccccc7)nc(-c7ccccn7)n6)cc5)cc4)c4ccc(-c5ccccc5)nc4c3n2)cc1. The van der Waals surface area contributed by atoms with Gasteiger partial charge in [0.2, 0.25) is 0 Å². The smallest absolute Gasteiger partial charge is 0.182 e. The Hall–Kier alpha value is -15.3. The third-order valence-electron chi connectivity index (χ3n) is 20.2. The summed E-state index contributed by atoms with van der Waals surface area (Å²) in [6, 6.07) is 131. The zero-order chi connectivity index (χ0) is 74.5. The summed E-state index contributed by atoms with van der Waals surface area (Å²) >= 11 is 0. The fourth-order valence-corrected chi connectivity index (χ4v) is 14.4. The van der Waals surface area contributed by atoms with E-state index in [0.717, 1.165) is 172 Å². The Labute approximate surface area is 646 Å². The van der Waals surface area contributed by atoms with E-state index in [4.69, 9.17) is 44.9 Å². The van der Waals surface area contributed by atoms with Crippen LogP contribution in [0.25, 0.3) is 201 Å². The molecule has 0 aliphatic carbocycles. The van der Waals surface area contributed by atoms with Crippen molar-refractivity contribution in [3.05, 3.63) is 395 Å². The van der Waals surface area contributed by atoms with Crippen molar-refractivity contribution < 1.29 is 0 Å². The summed E-state index contributed by atoms with van der Waals surface area (Å²) in [7, 11) is 0. The third-order valence-corrected chi connectivity index (χ3v) is 20.2. The van der Waals surface area contributed by atoms with E-state index in [0.29, 0.717) is 29.0 Å². The van der Waals surface area contributed by atoms with Crippen LogP contribution in [0.15, 0.2) is 395 Å². The molecule has 0 bridgehead atoms. The van der Waals surface area contributed by atoms with Crippen molar-refractivity contribution in [2.24, 2.45) is 0 Å². The lowest BCUT2D eigenvalue weighted by atomic mass is 9.94. The summed E-state index contributed by atoms with van der Waals surface area (Å²) in [5.41, 5.74) is 27.4. The number of fused-ring (bicyclic) bond motifs is 6. The standard InChI is InChI=1S/C51H33N5.C50H32N6/c1-4-13-36(14-5-1)44-29-27-39-26-28-42-43(32-46(37-15-6-2-7-16-37)54-50(42)49(39)53-44)35-24-22-34(23-25-35)40-19-12-20-41(31-40)48-33-47(38-17-8-3-9-18-38)55-51(56-48)45-21-10-11-30-52-45;1-4-12-36(13-5-1)43-29-27-40-32-42(41-28-30-44(37-14-6-2-7-15-37)53-47(41)46(40)52-43)35-23-19-33(20-24-35)34-21-25-39(26-22-34)49-54-48(38-16-8-3-9-17-38)55-50(56-49)45-18-10-11-31-51-45/h1-33H;1-32H. The van der Waals surface area contributed by atoms with Gasteiger partial charge in [0.1, 0.15) is 11.4 Å². The second kappa shape index (κ2) is 30.1.